The Labute approximate surface area is 188 Å². The molecule has 1 aliphatic heterocycles. The van der Waals surface area contributed by atoms with Crippen molar-refractivity contribution in [2.75, 3.05) is 29.2 Å². The number of carbonyl (C=O) groups excluding carboxylic acids is 1. The smallest absolute Gasteiger partial charge is 0.249 e. The minimum atomic E-state index is -1.50. The molecule has 4 rings (SSSR count). The number of halogens is 3. The molecule has 172 valence electrons. The molecule has 7 nitrogen and oxygen atoms in total. The standard InChI is InChI=1S/C23H22F3N5O2/c1-13-22(32)31(3)19-11-28-23(29-21(19)30(13)2)27-10-14-4-6-16(7-5-14)33-12-15-8-17(24)20(26)18(25)9-15/h4-9,11,13H,10,12H2,1-3H3,(H,27,28,29)/t13-/m0/s1. The van der Waals surface area contributed by atoms with Gasteiger partial charge in [0.25, 0.3) is 0 Å². The highest BCUT2D eigenvalue weighted by Crippen LogP contribution is 2.32. The number of fused-ring (bicyclic) bond motifs is 1. The Morgan fingerprint density at radius 2 is 1.73 bits per heavy atom. The van der Waals surface area contributed by atoms with E-state index < -0.39 is 17.5 Å². The van der Waals surface area contributed by atoms with Crippen LogP contribution in [0.3, 0.4) is 0 Å². The normalized spacial score (nSPS) is 15.5. The zero-order valence-electron chi connectivity index (χ0n) is 18.3. The van der Waals surface area contributed by atoms with Gasteiger partial charge in [-0.1, -0.05) is 12.1 Å². The number of hydrogen-bond donors (Lipinski definition) is 1. The van der Waals surface area contributed by atoms with Crippen LogP contribution in [0.25, 0.3) is 0 Å². The van der Waals surface area contributed by atoms with Crippen molar-refractivity contribution >= 4 is 23.4 Å². The molecular weight excluding hydrogens is 435 g/mol. The zero-order chi connectivity index (χ0) is 23.7. The Hall–Kier alpha value is -3.82. The summed E-state index contributed by atoms with van der Waals surface area (Å²) in [6.07, 6.45) is 1.61. The summed E-state index contributed by atoms with van der Waals surface area (Å²) in [5.41, 5.74) is 1.76. The number of hydrogen-bond acceptors (Lipinski definition) is 6. The molecule has 10 heteroatoms. The van der Waals surface area contributed by atoms with Gasteiger partial charge in [0.2, 0.25) is 11.9 Å². The minimum absolute atomic E-state index is 0.0219. The summed E-state index contributed by atoms with van der Waals surface area (Å²) in [5.74, 6) is -2.43. The predicted molar refractivity (Wildman–Crippen MR) is 118 cm³/mol. The number of ether oxygens (including phenoxy) is 1. The van der Waals surface area contributed by atoms with Crippen LogP contribution in [0, 0.1) is 17.5 Å². The number of anilines is 3. The van der Waals surface area contributed by atoms with Crippen LogP contribution in [0.15, 0.2) is 42.6 Å². The molecule has 0 saturated carbocycles. The van der Waals surface area contributed by atoms with Gasteiger partial charge in [0.1, 0.15) is 24.1 Å². The highest BCUT2D eigenvalue weighted by atomic mass is 19.2. The first-order valence-electron chi connectivity index (χ1n) is 10.2. The molecular formula is C23H22F3N5O2. The van der Waals surface area contributed by atoms with Gasteiger partial charge in [-0.2, -0.15) is 4.98 Å². The lowest BCUT2D eigenvalue weighted by Crippen LogP contribution is -2.49. The van der Waals surface area contributed by atoms with E-state index in [9.17, 15) is 18.0 Å². The molecule has 3 aromatic rings. The van der Waals surface area contributed by atoms with Gasteiger partial charge in [-0.15, -0.1) is 0 Å². The number of likely N-dealkylation sites (N-methyl/N-ethyl adjacent to an activating group) is 2. The fraction of sp³-hybridized carbons (Fsp3) is 0.261. The van der Waals surface area contributed by atoms with E-state index in [0.29, 0.717) is 29.7 Å². The first-order valence-corrected chi connectivity index (χ1v) is 10.2. The maximum atomic E-state index is 13.3. The molecule has 0 radical (unpaired) electrons. The Morgan fingerprint density at radius 1 is 1.06 bits per heavy atom. The average molecular weight is 457 g/mol. The molecule has 0 spiro atoms. The number of benzene rings is 2. The summed E-state index contributed by atoms with van der Waals surface area (Å²) in [5, 5.41) is 3.16. The molecule has 0 saturated heterocycles. The van der Waals surface area contributed by atoms with Gasteiger partial charge in [-0.25, -0.2) is 18.2 Å². The van der Waals surface area contributed by atoms with E-state index in [2.05, 4.69) is 15.3 Å². The van der Waals surface area contributed by atoms with Crippen molar-refractivity contribution in [1.29, 1.82) is 0 Å². The molecule has 1 amide bonds. The van der Waals surface area contributed by atoms with E-state index in [1.165, 1.54) is 0 Å². The van der Waals surface area contributed by atoms with Crippen LogP contribution in [-0.4, -0.2) is 36.0 Å². The maximum Gasteiger partial charge on any atom is 0.249 e. The largest absolute Gasteiger partial charge is 0.489 e. The molecule has 0 bridgehead atoms. The van der Waals surface area contributed by atoms with E-state index >= 15 is 0 Å². The average Bonchev–Trinajstić information content (AvgIpc) is 2.82. The van der Waals surface area contributed by atoms with Crippen LogP contribution in [0.5, 0.6) is 5.75 Å². The number of nitrogens with one attached hydrogen (secondary N) is 1. The number of aromatic nitrogens is 2. The van der Waals surface area contributed by atoms with Crippen LogP contribution >= 0.6 is 0 Å². The molecule has 2 aromatic carbocycles. The third-order valence-corrected chi connectivity index (χ3v) is 5.54. The fourth-order valence-corrected chi connectivity index (χ4v) is 3.44. The molecule has 0 aliphatic carbocycles. The van der Waals surface area contributed by atoms with Gasteiger partial charge >= 0.3 is 0 Å². The minimum Gasteiger partial charge on any atom is -0.489 e. The highest BCUT2D eigenvalue weighted by molar-refractivity contribution is 6.03. The highest BCUT2D eigenvalue weighted by Gasteiger charge is 2.32. The molecule has 33 heavy (non-hydrogen) atoms. The number of amides is 1. The van der Waals surface area contributed by atoms with Gasteiger partial charge < -0.3 is 19.9 Å². The van der Waals surface area contributed by atoms with Gasteiger partial charge in [-0.05, 0) is 42.3 Å². The van der Waals surface area contributed by atoms with E-state index in [1.54, 1.807) is 30.3 Å². The van der Waals surface area contributed by atoms with Crippen LogP contribution in [-0.2, 0) is 17.9 Å². The molecule has 1 aromatic heterocycles. The topological polar surface area (TPSA) is 70.6 Å². The number of nitrogens with zero attached hydrogens (tertiary/aromatic N) is 4. The molecule has 0 fully saturated rings. The third kappa shape index (κ3) is 4.55. The van der Waals surface area contributed by atoms with Gasteiger partial charge in [0, 0.05) is 20.6 Å². The lowest BCUT2D eigenvalue weighted by atomic mass is 10.2. The summed E-state index contributed by atoms with van der Waals surface area (Å²) in [6.45, 7) is 2.17. The van der Waals surface area contributed by atoms with Crippen LogP contribution < -0.4 is 19.9 Å². The fourth-order valence-electron chi connectivity index (χ4n) is 3.44. The van der Waals surface area contributed by atoms with Crippen LogP contribution in [0.2, 0.25) is 0 Å². The lowest BCUT2D eigenvalue weighted by Gasteiger charge is -2.36. The van der Waals surface area contributed by atoms with Gasteiger partial charge in [-0.3, -0.25) is 4.79 Å². The first-order chi connectivity index (χ1) is 15.7. The Morgan fingerprint density at radius 3 is 2.39 bits per heavy atom. The number of carbonyl (C=O) groups is 1. The van der Waals surface area contributed by atoms with Gasteiger partial charge in [0.15, 0.2) is 23.3 Å². The zero-order valence-corrected chi connectivity index (χ0v) is 18.3. The van der Waals surface area contributed by atoms with E-state index in [4.69, 9.17) is 4.74 Å². The quantitative estimate of drug-likeness (QED) is 0.567. The van der Waals surface area contributed by atoms with Crippen LogP contribution in [0.1, 0.15) is 18.1 Å². The summed E-state index contributed by atoms with van der Waals surface area (Å²) >= 11 is 0. The maximum absolute atomic E-state index is 13.3. The van der Waals surface area contributed by atoms with Crippen molar-refractivity contribution in [3.8, 4) is 5.75 Å². The number of rotatable bonds is 6. The summed E-state index contributed by atoms with van der Waals surface area (Å²) in [6, 6.07) is 8.58. The monoisotopic (exact) mass is 457 g/mol. The second kappa shape index (κ2) is 8.97. The van der Waals surface area contributed by atoms with Crippen LogP contribution in [0.4, 0.5) is 30.6 Å². The summed E-state index contributed by atoms with van der Waals surface area (Å²) < 4.78 is 45.2. The summed E-state index contributed by atoms with van der Waals surface area (Å²) in [7, 11) is 3.52. The predicted octanol–water partition coefficient (Wildman–Crippen LogP) is 3.89. The SMILES string of the molecule is C[C@H]1C(=O)N(C)c2cnc(NCc3ccc(OCc4cc(F)c(F)c(F)c4)cc3)nc2N1C. The van der Waals surface area contributed by atoms with E-state index in [0.717, 1.165) is 17.7 Å². The van der Waals surface area contributed by atoms with Gasteiger partial charge in [0.05, 0.1) is 6.20 Å². The third-order valence-electron chi connectivity index (χ3n) is 5.54. The van der Waals surface area contributed by atoms with E-state index in [-0.39, 0.29) is 24.1 Å². The van der Waals surface area contributed by atoms with Crippen molar-refractivity contribution in [2.24, 2.45) is 0 Å². The van der Waals surface area contributed by atoms with Crippen molar-refractivity contribution in [3.05, 3.63) is 71.2 Å². The van der Waals surface area contributed by atoms with Crippen molar-refractivity contribution in [2.45, 2.75) is 26.1 Å². The molecule has 1 atom stereocenters. The molecule has 1 aliphatic rings. The lowest BCUT2D eigenvalue weighted by molar-refractivity contribution is -0.119. The second-order valence-corrected chi connectivity index (χ2v) is 7.75. The van der Waals surface area contributed by atoms with E-state index in [1.807, 2.05) is 31.0 Å². The Balaban J connectivity index is 1.37. The van der Waals surface area contributed by atoms with Crippen molar-refractivity contribution in [3.63, 3.8) is 0 Å². The Bertz CT molecular complexity index is 1170. The molecule has 1 N–H and O–H groups in total. The summed E-state index contributed by atoms with van der Waals surface area (Å²) in [4.78, 5) is 24.5. The van der Waals surface area contributed by atoms with Crippen molar-refractivity contribution in [1.82, 2.24) is 9.97 Å². The first kappa shape index (κ1) is 22.4. The molecule has 0 unspecified atom stereocenters. The van der Waals surface area contributed by atoms with Crippen molar-refractivity contribution < 1.29 is 22.7 Å². The molecule has 2 heterocycles. The Kier molecular flexibility index (Phi) is 6.08. The second-order valence-electron chi connectivity index (χ2n) is 7.75.